The van der Waals surface area contributed by atoms with E-state index in [9.17, 15) is 13.2 Å². The Hall–Kier alpha value is -1.20. The lowest BCUT2D eigenvalue weighted by molar-refractivity contribution is -0.278. The second kappa shape index (κ2) is 2.44. The minimum absolute atomic E-state index is 0.516. The third kappa shape index (κ3) is 2.14. The maximum atomic E-state index is 11.5. The molecule has 0 aromatic carbocycles. The summed E-state index contributed by atoms with van der Waals surface area (Å²) in [6, 6.07) is -0.516. The average molecular weight is 165 g/mol. The van der Waals surface area contributed by atoms with E-state index < -0.39 is 12.4 Å². The molecule has 1 aromatic heterocycles. The Kier molecular flexibility index (Phi) is 1.76. The van der Waals surface area contributed by atoms with Gasteiger partial charge in [0, 0.05) is 13.2 Å². The van der Waals surface area contributed by atoms with E-state index in [-0.39, 0.29) is 0 Å². The molecule has 0 amide bonds. The average Bonchev–Trinajstić information content (AvgIpc) is 2.12. The van der Waals surface area contributed by atoms with Crippen LogP contribution in [-0.2, 0) is 7.05 Å². The fraction of sp³-hybridized carbons (Fsp3) is 0.400. The van der Waals surface area contributed by atoms with Crippen molar-refractivity contribution in [1.29, 1.82) is 0 Å². The number of halogens is 3. The van der Waals surface area contributed by atoms with Crippen molar-refractivity contribution >= 4 is 0 Å². The molecule has 0 aliphatic heterocycles. The van der Waals surface area contributed by atoms with Crippen molar-refractivity contribution < 1.29 is 17.9 Å². The first-order chi connectivity index (χ1) is 4.99. The number of nitrogens with zero attached hydrogens (tertiary/aromatic N) is 2. The molecule has 0 unspecified atom stereocenters. The van der Waals surface area contributed by atoms with E-state index in [0.29, 0.717) is 0 Å². The van der Waals surface area contributed by atoms with Crippen LogP contribution in [0.4, 0.5) is 13.2 Å². The summed E-state index contributed by atoms with van der Waals surface area (Å²) in [6.07, 6.45) is -1.24. The second-order valence-corrected chi connectivity index (χ2v) is 1.81. The number of hydrogen-bond acceptors (Lipinski definition) is 2. The number of hydrogen-bond donors (Lipinski definition) is 0. The van der Waals surface area contributed by atoms with Crippen molar-refractivity contribution in [3.63, 3.8) is 0 Å². The predicted molar refractivity (Wildman–Crippen MR) is 28.7 cm³/mol. The van der Waals surface area contributed by atoms with Gasteiger partial charge in [0.2, 0.25) is 0 Å². The number of aryl methyl sites for hydroxylation is 1. The lowest BCUT2D eigenvalue weighted by Gasteiger charge is -2.06. The van der Waals surface area contributed by atoms with Gasteiger partial charge in [0.25, 0.3) is 0 Å². The Morgan fingerprint density at radius 3 is 2.64 bits per heavy atom. The van der Waals surface area contributed by atoms with E-state index >= 15 is 0 Å². The first kappa shape index (κ1) is 7.90. The van der Waals surface area contributed by atoms with Crippen LogP contribution >= 0.6 is 0 Å². The van der Waals surface area contributed by atoms with E-state index in [0.717, 1.165) is 4.57 Å². The van der Waals surface area contributed by atoms with Gasteiger partial charge in [-0.2, -0.15) is 4.98 Å². The normalized spacial score (nSPS) is 11.6. The number of ether oxygens (including phenoxy) is 1. The Morgan fingerprint density at radius 2 is 2.27 bits per heavy atom. The van der Waals surface area contributed by atoms with Crippen LogP contribution in [-0.4, -0.2) is 15.9 Å². The molecule has 1 heterocycles. The van der Waals surface area contributed by atoms with Gasteiger partial charge < -0.3 is 9.30 Å². The zero-order valence-corrected chi connectivity index (χ0v) is 5.51. The molecule has 1 rings (SSSR count). The lowest BCUT2D eigenvalue weighted by Crippen LogP contribution is -2.19. The molecule has 0 saturated heterocycles. The van der Waals surface area contributed by atoms with Gasteiger partial charge in [-0.3, -0.25) is 0 Å². The van der Waals surface area contributed by atoms with Gasteiger partial charge in [-0.15, -0.1) is 13.2 Å². The lowest BCUT2D eigenvalue weighted by atomic mass is 10.9. The van der Waals surface area contributed by atoms with Crippen molar-refractivity contribution in [2.45, 2.75) is 6.36 Å². The fourth-order valence-corrected chi connectivity index (χ4v) is 0.503. The third-order valence-corrected chi connectivity index (χ3v) is 0.920. The first-order valence-corrected chi connectivity index (χ1v) is 2.64. The molecular weight excluding hydrogens is 161 g/mol. The van der Waals surface area contributed by atoms with E-state index in [2.05, 4.69) is 15.9 Å². The summed E-state index contributed by atoms with van der Waals surface area (Å²) in [4.78, 5) is 3.20. The molecule has 0 spiro atoms. The smallest absolute Gasteiger partial charge is 0.372 e. The zero-order valence-electron chi connectivity index (χ0n) is 5.51. The zero-order chi connectivity index (χ0) is 8.48. The van der Waals surface area contributed by atoms with Gasteiger partial charge in [-0.1, -0.05) is 0 Å². The van der Waals surface area contributed by atoms with Crippen LogP contribution in [0.2, 0.25) is 0 Å². The minimum Gasteiger partial charge on any atom is -0.372 e. The van der Waals surface area contributed by atoms with E-state index in [1.54, 1.807) is 0 Å². The number of imidazole rings is 1. The van der Waals surface area contributed by atoms with Crippen LogP contribution in [0, 0.1) is 6.20 Å². The molecule has 6 heteroatoms. The molecule has 3 nitrogen and oxygen atoms in total. The highest BCUT2D eigenvalue weighted by molar-refractivity contribution is 4.95. The summed E-state index contributed by atoms with van der Waals surface area (Å²) in [7, 11) is 1.38. The van der Waals surface area contributed by atoms with E-state index in [4.69, 9.17) is 0 Å². The molecule has 0 aliphatic rings. The topological polar surface area (TPSA) is 27.1 Å². The van der Waals surface area contributed by atoms with Gasteiger partial charge in [-0.05, 0) is 0 Å². The quantitative estimate of drug-likeness (QED) is 0.623. The summed E-state index contributed by atoms with van der Waals surface area (Å²) < 4.78 is 39.1. The molecule has 0 N–H and O–H groups in total. The molecule has 11 heavy (non-hydrogen) atoms. The number of aromatic nitrogens is 2. The third-order valence-electron chi connectivity index (χ3n) is 0.920. The van der Waals surface area contributed by atoms with Crippen LogP contribution in [0.15, 0.2) is 6.20 Å². The molecular formula is C5H4F3N2O. The SMILES string of the molecule is Cn1c[c]nc1OC(F)(F)F. The molecule has 0 fully saturated rings. The molecule has 0 saturated carbocycles. The highest BCUT2D eigenvalue weighted by atomic mass is 19.4. The van der Waals surface area contributed by atoms with Crippen molar-refractivity contribution in [3.05, 3.63) is 12.4 Å². The number of alkyl halides is 3. The summed E-state index contributed by atoms with van der Waals surface area (Å²) >= 11 is 0. The van der Waals surface area contributed by atoms with Crippen molar-refractivity contribution in [1.82, 2.24) is 9.55 Å². The molecule has 1 aromatic rings. The van der Waals surface area contributed by atoms with Crippen LogP contribution < -0.4 is 4.74 Å². The monoisotopic (exact) mass is 165 g/mol. The Balaban J connectivity index is 2.72. The first-order valence-electron chi connectivity index (χ1n) is 2.64. The molecule has 1 radical (unpaired) electrons. The standard InChI is InChI=1S/C5H4F3N2O/c1-10-3-2-9-4(10)11-5(6,7)8/h3H,1H3. The molecule has 0 bridgehead atoms. The van der Waals surface area contributed by atoms with Crippen LogP contribution in [0.25, 0.3) is 0 Å². The summed E-state index contributed by atoms with van der Waals surface area (Å²) in [5.74, 6) is 0. The maximum absolute atomic E-state index is 11.5. The van der Waals surface area contributed by atoms with E-state index in [1.807, 2.05) is 0 Å². The number of rotatable bonds is 1. The van der Waals surface area contributed by atoms with Gasteiger partial charge >= 0.3 is 12.4 Å². The fourth-order valence-electron chi connectivity index (χ4n) is 0.503. The van der Waals surface area contributed by atoms with Crippen LogP contribution in [0.1, 0.15) is 0 Å². The highest BCUT2D eigenvalue weighted by Crippen LogP contribution is 2.19. The van der Waals surface area contributed by atoms with Crippen molar-refractivity contribution in [3.8, 4) is 6.01 Å². The van der Waals surface area contributed by atoms with Crippen molar-refractivity contribution in [2.75, 3.05) is 0 Å². The van der Waals surface area contributed by atoms with Crippen LogP contribution in [0.3, 0.4) is 0 Å². The molecule has 0 aliphatic carbocycles. The summed E-state index contributed by atoms with van der Waals surface area (Å²) in [5.41, 5.74) is 0. The highest BCUT2D eigenvalue weighted by Gasteiger charge is 2.32. The molecule has 61 valence electrons. The van der Waals surface area contributed by atoms with Gasteiger partial charge in [-0.25, -0.2) is 0 Å². The summed E-state index contributed by atoms with van der Waals surface area (Å²) in [5, 5.41) is 0. The Labute approximate surface area is 60.4 Å². The minimum atomic E-state index is -4.69. The summed E-state index contributed by atoms with van der Waals surface area (Å²) in [6.45, 7) is 0. The Bertz CT molecular complexity index is 242. The Morgan fingerprint density at radius 1 is 1.64 bits per heavy atom. The van der Waals surface area contributed by atoms with Gasteiger partial charge in [0.1, 0.15) is 6.20 Å². The second-order valence-electron chi connectivity index (χ2n) is 1.81. The van der Waals surface area contributed by atoms with Gasteiger partial charge in [0.15, 0.2) is 0 Å². The largest absolute Gasteiger partial charge is 0.575 e. The van der Waals surface area contributed by atoms with Crippen molar-refractivity contribution in [2.24, 2.45) is 7.05 Å². The van der Waals surface area contributed by atoms with Gasteiger partial charge in [0.05, 0.1) is 0 Å². The van der Waals surface area contributed by atoms with Crippen LogP contribution in [0.5, 0.6) is 6.01 Å². The van der Waals surface area contributed by atoms with E-state index in [1.165, 1.54) is 13.2 Å². The maximum Gasteiger partial charge on any atom is 0.575 e. The predicted octanol–water partition coefficient (Wildman–Crippen LogP) is 1.12. The molecule has 0 atom stereocenters.